The number of aromatic nitrogens is 1. The van der Waals surface area contributed by atoms with Gasteiger partial charge in [0.2, 0.25) is 0 Å². The first-order valence-electron chi connectivity index (χ1n) is 11.8. The van der Waals surface area contributed by atoms with Crippen LogP contribution >= 0.6 is 0 Å². The van der Waals surface area contributed by atoms with E-state index in [1.54, 1.807) is 24.1 Å². The van der Waals surface area contributed by atoms with Crippen molar-refractivity contribution in [3.05, 3.63) is 78.0 Å². The summed E-state index contributed by atoms with van der Waals surface area (Å²) < 4.78 is 10.8. The Bertz CT molecular complexity index is 1410. The number of aryl methyl sites for hydroxylation is 1. The average molecular weight is 485 g/mol. The number of H-pyrrole nitrogens is 1. The van der Waals surface area contributed by atoms with Crippen LogP contribution in [0.4, 0.5) is 16.2 Å². The maximum absolute atomic E-state index is 13.6. The van der Waals surface area contributed by atoms with Gasteiger partial charge in [-0.25, -0.2) is 4.79 Å². The Balaban J connectivity index is 1.57. The number of urea groups is 1. The second-order valence-corrected chi connectivity index (χ2v) is 8.66. The fourth-order valence-corrected chi connectivity index (χ4v) is 4.55. The molecule has 3 aromatic carbocycles. The minimum absolute atomic E-state index is 0.0876. The molecular formula is C28H28N4O4. The molecule has 1 fully saturated rings. The number of methoxy groups -OCH3 is 1. The van der Waals surface area contributed by atoms with Crippen molar-refractivity contribution in [3.63, 3.8) is 0 Å². The Hall–Kier alpha value is -4.30. The summed E-state index contributed by atoms with van der Waals surface area (Å²) in [4.78, 5) is 31.7. The van der Waals surface area contributed by atoms with E-state index >= 15 is 0 Å². The van der Waals surface area contributed by atoms with E-state index in [-0.39, 0.29) is 5.91 Å². The van der Waals surface area contributed by atoms with Crippen LogP contribution in [-0.4, -0.2) is 55.2 Å². The van der Waals surface area contributed by atoms with E-state index in [0.29, 0.717) is 54.6 Å². The Labute approximate surface area is 209 Å². The zero-order valence-electron chi connectivity index (χ0n) is 20.3. The molecule has 0 aliphatic carbocycles. The van der Waals surface area contributed by atoms with Crippen molar-refractivity contribution in [2.24, 2.45) is 0 Å². The molecule has 4 aromatic rings. The number of morpholine rings is 1. The molecule has 1 aromatic heterocycles. The molecule has 0 spiro atoms. The van der Waals surface area contributed by atoms with Gasteiger partial charge in [0.05, 0.1) is 37.2 Å². The highest BCUT2D eigenvalue weighted by Gasteiger charge is 2.26. The summed E-state index contributed by atoms with van der Waals surface area (Å²) >= 11 is 0. The largest absolute Gasteiger partial charge is 0.495 e. The molecule has 5 rings (SSSR count). The number of benzene rings is 3. The van der Waals surface area contributed by atoms with Crippen LogP contribution in [0.15, 0.2) is 66.7 Å². The van der Waals surface area contributed by atoms with Crippen molar-refractivity contribution in [3.8, 4) is 16.9 Å². The van der Waals surface area contributed by atoms with Gasteiger partial charge >= 0.3 is 6.03 Å². The molecule has 36 heavy (non-hydrogen) atoms. The van der Waals surface area contributed by atoms with Crippen LogP contribution in [0.3, 0.4) is 0 Å². The highest BCUT2D eigenvalue weighted by Crippen LogP contribution is 2.37. The lowest BCUT2D eigenvalue weighted by molar-refractivity contribution is 0.0300. The molecular weight excluding hydrogens is 456 g/mol. The standard InChI is InChI=1S/C28H28N4O4/c1-18-16-20-24(19-8-4-3-5-9-19)26(27(33)32-12-14-36-15-13-32)31-25(20)22(17-18)30-28(34)29-21-10-6-7-11-23(21)35-2/h3-11,16-17,31H,12-15H2,1-2H3,(H2,29,30,34). The average Bonchev–Trinajstić information content (AvgIpc) is 3.29. The number of hydrogen-bond acceptors (Lipinski definition) is 4. The number of carbonyl (C=O) groups is 2. The molecule has 0 bridgehead atoms. The normalized spacial score (nSPS) is 13.4. The Kier molecular flexibility index (Phi) is 6.60. The third-order valence-corrected chi connectivity index (χ3v) is 6.23. The zero-order valence-corrected chi connectivity index (χ0v) is 20.3. The van der Waals surface area contributed by atoms with Gasteiger partial charge in [-0.05, 0) is 42.3 Å². The van der Waals surface area contributed by atoms with Gasteiger partial charge in [0.25, 0.3) is 5.91 Å². The van der Waals surface area contributed by atoms with Gasteiger partial charge in [-0.1, -0.05) is 42.5 Å². The van der Waals surface area contributed by atoms with E-state index in [9.17, 15) is 9.59 Å². The molecule has 3 amide bonds. The minimum atomic E-state index is -0.414. The van der Waals surface area contributed by atoms with E-state index in [1.165, 1.54) is 0 Å². The number of para-hydroxylation sites is 2. The fraction of sp³-hybridized carbons (Fsp3) is 0.214. The lowest BCUT2D eigenvalue weighted by Gasteiger charge is -2.26. The number of amides is 3. The predicted octanol–water partition coefficient (Wildman–Crippen LogP) is 5.27. The van der Waals surface area contributed by atoms with Crippen molar-refractivity contribution in [2.75, 3.05) is 44.0 Å². The van der Waals surface area contributed by atoms with Crippen LogP contribution < -0.4 is 15.4 Å². The summed E-state index contributed by atoms with van der Waals surface area (Å²) in [6.07, 6.45) is 0. The Morgan fingerprint density at radius 1 is 0.944 bits per heavy atom. The minimum Gasteiger partial charge on any atom is -0.495 e. The van der Waals surface area contributed by atoms with Gasteiger partial charge < -0.3 is 30.0 Å². The number of rotatable bonds is 5. The molecule has 0 unspecified atom stereocenters. The van der Waals surface area contributed by atoms with Crippen LogP contribution in [0.5, 0.6) is 5.75 Å². The topological polar surface area (TPSA) is 95.7 Å². The molecule has 3 N–H and O–H groups in total. The second kappa shape index (κ2) is 10.1. The monoisotopic (exact) mass is 484 g/mol. The second-order valence-electron chi connectivity index (χ2n) is 8.66. The summed E-state index contributed by atoms with van der Waals surface area (Å²) in [6, 6.07) is 20.5. The number of aromatic amines is 1. The van der Waals surface area contributed by atoms with Gasteiger partial charge in [-0.2, -0.15) is 0 Å². The summed E-state index contributed by atoms with van der Waals surface area (Å²) in [5.74, 6) is 0.474. The van der Waals surface area contributed by atoms with Crippen LogP contribution in [-0.2, 0) is 4.74 Å². The van der Waals surface area contributed by atoms with Crippen LogP contribution in [0.25, 0.3) is 22.0 Å². The van der Waals surface area contributed by atoms with Crippen LogP contribution in [0.1, 0.15) is 16.1 Å². The molecule has 1 aliphatic rings. The number of fused-ring (bicyclic) bond motifs is 1. The summed E-state index contributed by atoms with van der Waals surface area (Å²) in [6.45, 7) is 4.07. The third kappa shape index (κ3) is 4.63. The quantitative estimate of drug-likeness (QED) is 0.360. The fourth-order valence-electron chi connectivity index (χ4n) is 4.55. The molecule has 1 saturated heterocycles. The number of anilines is 2. The molecule has 0 radical (unpaired) electrons. The summed E-state index contributed by atoms with van der Waals surface area (Å²) in [5.41, 5.74) is 5.02. The number of hydrogen-bond donors (Lipinski definition) is 3. The van der Waals surface area contributed by atoms with Gasteiger partial charge in [-0.3, -0.25) is 4.79 Å². The third-order valence-electron chi connectivity index (χ3n) is 6.23. The van der Waals surface area contributed by atoms with E-state index < -0.39 is 6.03 Å². The zero-order chi connectivity index (χ0) is 25.1. The van der Waals surface area contributed by atoms with Gasteiger partial charge in [-0.15, -0.1) is 0 Å². The van der Waals surface area contributed by atoms with Gasteiger partial charge in [0.15, 0.2) is 0 Å². The van der Waals surface area contributed by atoms with E-state index in [4.69, 9.17) is 9.47 Å². The molecule has 8 heteroatoms. The number of nitrogens with zero attached hydrogens (tertiary/aromatic N) is 1. The predicted molar refractivity (Wildman–Crippen MR) is 141 cm³/mol. The van der Waals surface area contributed by atoms with Crippen molar-refractivity contribution < 1.29 is 19.1 Å². The Morgan fingerprint density at radius 3 is 2.39 bits per heavy atom. The number of ether oxygens (including phenoxy) is 2. The first-order valence-corrected chi connectivity index (χ1v) is 11.8. The summed E-state index contributed by atoms with van der Waals surface area (Å²) in [7, 11) is 1.56. The number of nitrogens with one attached hydrogen (secondary N) is 3. The van der Waals surface area contributed by atoms with Crippen LogP contribution in [0, 0.1) is 6.92 Å². The lowest BCUT2D eigenvalue weighted by Crippen LogP contribution is -2.41. The SMILES string of the molecule is COc1ccccc1NC(=O)Nc1cc(C)cc2c(-c3ccccc3)c(C(=O)N3CCOCC3)[nH]c12. The summed E-state index contributed by atoms with van der Waals surface area (Å²) in [5, 5.41) is 6.66. The highest BCUT2D eigenvalue weighted by atomic mass is 16.5. The molecule has 184 valence electrons. The smallest absolute Gasteiger partial charge is 0.323 e. The highest BCUT2D eigenvalue weighted by molar-refractivity contribution is 6.14. The van der Waals surface area contributed by atoms with Gasteiger partial charge in [0.1, 0.15) is 11.4 Å². The first-order chi connectivity index (χ1) is 17.5. The first kappa shape index (κ1) is 23.4. The molecule has 0 atom stereocenters. The van der Waals surface area contributed by atoms with E-state index in [0.717, 1.165) is 22.1 Å². The van der Waals surface area contributed by atoms with E-state index in [2.05, 4.69) is 15.6 Å². The van der Waals surface area contributed by atoms with Crippen molar-refractivity contribution >= 4 is 34.2 Å². The molecule has 0 saturated carbocycles. The molecule has 2 heterocycles. The van der Waals surface area contributed by atoms with E-state index in [1.807, 2.05) is 61.5 Å². The molecule has 8 nitrogen and oxygen atoms in total. The molecule has 1 aliphatic heterocycles. The maximum Gasteiger partial charge on any atom is 0.323 e. The van der Waals surface area contributed by atoms with Crippen molar-refractivity contribution in [1.82, 2.24) is 9.88 Å². The van der Waals surface area contributed by atoms with Gasteiger partial charge in [0, 0.05) is 24.0 Å². The van der Waals surface area contributed by atoms with Crippen molar-refractivity contribution in [1.29, 1.82) is 0 Å². The van der Waals surface area contributed by atoms with Crippen molar-refractivity contribution in [2.45, 2.75) is 6.92 Å². The Morgan fingerprint density at radius 2 is 1.64 bits per heavy atom. The van der Waals surface area contributed by atoms with Crippen LogP contribution in [0.2, 0.25) is 0 Å². The maximum atomic E-state index is 13.6. The lowest BCUT2D eigenvalue weighted by atomic mass is 9.99. The number of carbonyl (C=O) groups excluding carboxylic acids is 2.